The molecule has 0 aliphatic heterocycles. The number of pyridine rings is 1. The van der Waals surface area contributed by atoms with E-state index in [9.17, 15) is 0 Å². The second-order valence-electron chi connectivity index (χ2n) is 3.50. The predicted molar refractivity (Wildman–Crippen MR) is 75.3 cm³/mol. The van der Waals surface area contributed by atoms with Gasteiger partial charge in [0.05, 0.1) is 5.69 Å². The molecule has 0 N–H and O–H groups in total. The topological polar surface area (TPSA) is 22.1 Å². The minimum atomic E-state index is 0.550. The van der Waals surface area contributed by atoms with E-state index in [1.165, 1.54) is 0 Å². The van der Waals surface area contributed by atoms with Crippen LogP contribution in [-0.4, -0.2) is 4.98 Å². The maximum absolute atomic E-state index is 5.70. The monoisotopic (exact) mass is 355 g/mol. The summed E-state index contributed by atoms with van der Waals surface area (Å²) in [7, 11) is 0. The van der Waals surface area contributed by atoms with Crippen molar-refractivity contribution in [3.8, 4) is 5.75 Å². The van der Waals surface area contributed by atoms with E-state index in [0.717, 1.165) is 26.9 Å². The number of aromatic nitrogens is 1. The molecule has 0 fully saturated rings. The average Bonchev–Trinajstić information content (AvgIpc) is 2.38. The van der Waals surface area contributed by atoms with Gasteiger partial charge in [0.25, 0.3) is 0 Å². The lowest BCUT2D eigenvalue weighted by atomic mass is 10.2. The fourth-order valence-corrected chi connectivity index (χ4v) is 2.16. The third kappa shape index (κ3) is 3.54. The Morgan fingerprint density at radius 1 is 1.06 bits per heavy atom. The summed E-state index contributed by atoms with van der Waals surface area (Å²) in [6.07, 6.45) is 0. The first-order valence-corrected chi connectivity index (χ1v) is 7.09. The zero-order chi connectivity index (χ0) is 12.1. The SMILES string of the molecule is BrCc1ccc(OCc2ccccc2)c(Br)n1. The lowest BCUT2D eigenvalue weighted by Gasteiger charge is -2.08. The Morgan fingerprint density at radius 3 is 2.47 bits per heavy atom. The van der Waals surface area contributed by atoms with E-state index in [1.807, 2.05) is 42.5 Å². The van der Waals surface area contributed by atoms with Gasteiger partial charge in [0.15, 0.2) is 5.75 Å². The van der Waals surface area contributed by atoms with Crippen molar-refractivity contribution in [3.05, 3.63) is 58.3 Å². The number of hydrogen-bond acceptors (Lipinski definition) is 2. The Bertz CT molecular complexity index is 488. The Balaban J connectivity index is 2.04. The van der Waals surface area contributed by atoms with Gasteiger partial charge in [-0.1, -0.05) is 46.3 Å². The van der Waals surface area contributed by atoms with E-state index in [1.54, 1.807) is 0 Å². The molecular weight excluding hydrogens is 346 g/mol. The molecular formula is C13H11Br2NO. The Labute approximate surface area is 117 Å². The highest BCUT2D eigenvalue weighted by molar-refractivity contribution is 9.10. The van der Waals surface area contributed by atoms with Crippen LogP contribution in [0.2, 0.25) is 0 Å². The van der Waals surface area contributed by atoms with E-state index < -0.39 is 0 Å². The van der Waals surface area contributed by atoms with Gasteiger partial charge in [-0.15, -0.1) is 0 Å². The molecule has 2 rings (SSSR count). The molecule has 88 valence electrons. The third-order valence-corrected chi connectivity index (χ3v) is 3.39. The van der Waals surface area contributed by atoms with Crippen molar-refractivity contribution in [3.63, 3.8) is 0 Å². The van der Waals surface area contributed by atoms with Crippen LogP contribution in [0.3, 0.4) is 0 Å². The first-order valence-electron chi connectivity index (χ1n) is 5.17. The van der Waals surface area contributed by atoms with Crippen LogP contribution in [0.15, 0.2) is 47.1 Å². The van der Waals surface area contributed by atoms with Crippen LogP contribution in [0, 0.1) is 0 Å². The highest BCUT2D eigenvalue weighted by Gasteiger charge is 2.04. The van der Waals surface area contributed by atoms with Gasteiger partial charge in [-0.05, 0) is 33.6 Å². The molecule has 17 heavy (non-hydrogen) atoms. The van der Waals surface area contributed by atoms with Gasteiger partial charge in [0.2, 0.25) is 0 Å². The van der Waals surface area contributed by atoms with E-state index >= 15 is 0 Å². The molecule has 2 aromatic rings. The fourth-order valence-electron chi connectivity index (χ4n) is 1.38. The molecule has 0 spiro atoms. The molecule has 1 heterocycles. The van der Waals surface area contributed by atoms with Crippen molar-refractivity contribution < 1.29 is 4.74 Å². The van der Waals surface area contributed by atoms with E-state index in [0.29, 0.717) is 6.61 Å². The maximum atomic E-state index is 5.70. The summed E-state index contributed by atoms with van der Waals surface area (Å²) >= 11 is 6.77. The standard InChI is InChI=1S/C13H11Br2NO/c14-8-11-6-7-12(13(15)16-11)17-9-10-4-2-1-3-5-10/h1-7H,8-9H2. The first-order chi connectivity index (χ1) is 8.29. The summed E-state index contributed by atoms with van der Waals surface area (Å²) in [6.45, 7) is 0.550. The summed E-state index contributed by atoms with van der Waals surface area (Å²) < 4.78 is 6.44. The minimum Gasteiger partial charge on any atom is -0.486 e. The molecule has 0 radical (unpaired) electrons. The minimum absolute atomic E-state index is 0.550. The number of nitrogens with zero attached hydrogens (tertiary/aromatic N) is 1. The van der Waals surface area contributed by atoms with Crippen LogP contribution < -0.4 is 4.74 Å². The second-order valence-corrected chi connectivity index (χ2v) is 4.81. The fraction of sp³-hybridized carbons (Fsp3) is 0.154. The quantitative estimate of drug-likeness (QED) is 0.601. The predicted octanol–water partition coefficient (Wildman–Crippen LogP) is 4.32. The van der Waals surface area contributed by atoms with Crippen LogP contribution in [0.5, 0.6) is 5.75 Å². The average molecular weight is 357 g/mol. The summed E-state index contributed by atoms with van der Waals surface area (Å²) in [6, 6.07) is 13.9. The van der Waals surface area contributed by atoms with Gasteiger partial charge in [-0.25, -0.2) is 4.98 Å². The molecule has 4 heteroatoms. The number of halogens is 2. The van der Waals surface area contributed by atoms with Crippen LogP contribution >= 0.6 is 31.9 Å². The largest absolute Gasteiger partial charge is 0.486 e. The lowest BCUT2D eigenvalue weighted by Crippen LogP contribution is -1.97. The zero-order valence-corrected chi connectivity index (χ0v) is 12.2. The lowest BCUT2D eigenvalue weighted by molar-refractivity contribution is 0.302. The Kier molecular flexibility index (Phi) is 4.57. The van der Waals surface area contributed by atoms with Crippen molar-refractivity contribution in [2.45, 2.75) is 11.9 Å². The zero-order valence-electron chi connectivity index (χ0n) is 9.07. The molecule has 0 saturated heterocycles. The van der Waals surface area contributed by atoms with Crippen LogP contribution in [0.25, 0.3) is 0 Å². The van der Waals surface area contributed by atoms with Crippen molar-refractivity contribution >= 4 is 31.9 Å². The Hall–Kier alpha value is -0.870. The normalized spacial score (nSPS) is 10.2. The first kappa shape index (κ1) is 12.6. The van der Waals surface area contributed by atoms with Crippen LogP contribution in [0.4, 0.5) is 0 Å². The number of alkyl halides is 1. The van der Waals surface area contributed by atoms with E-state index in [4.69, 9.17) is 4.74 Å². The van der Waals surface area contributed by atoms with Gasteiger partial charge in [-0.2, -0.15) is 0 Å². The van der Waals surface area contributed by atoms with Gasteiger partial charge in [0, 0.05) is 5.33 Å². The highest BCUT2D eigenvalue weighted by Crippen LogP contribution is 2.24. The number of benzene rings is 1. The smallest absolute Gasteiger partial charge is 0.152 e. The van der Waals surface area contributed by atoms with Gasteiger partial charge >= 0.3 is 0 Å². The highest BCUT2D eigenvalue weighted by atomic mass is 79.9. The molecule has 1 aromatic carbocycles. The van der Waals surface area contributed by atoms with E-state index in [-0.39, 0.29) is 0 Å². The van der Waals surface area contributed by atoms with Crippen LogP contribution in [-0.2, 0) is 11.9 Å². The van der Waals surface area contributed by atoms with Crippen molar-refractivity contribution in [1.82, 2.24) is 4.98 Å². The van der Waals surface area contributed by atoms with Gasteiger partial charge < -0.3 is 4.74 Å². The Morgan fingerprint density at radius 2 is 1.82 bits per heavy atom. The maximum Gasteiger partial charge on any atom is 0.152 e. The molecule has 0 bridgehead atoms. The number of ether oxygens (including phenoxy) is 1. The second kappa shape index (κ2) is 6.17. The van der Waals surface area contributed by atoms with Gasteiger partial charge in [-0.3, -0.25) is 0 Å². The summed E-state index contributed by atoms with van der Waals surface area (Å²) in [5.41, 5.74) is 2.12. The molecule has 0 saturated carbocycles. The molecule has 0 aliphatic rings. The van der Waals surface area contributed by atoms with Crippen molar-refractivity contribution in [2.75, 3.05) is 0 Å². The molecule has 0 unspecified atom stereocenters. The molecule has 0 amide bonds. The van der Waals surface area contributed by atoms with Crippen molar-refractivity contribution in [2.24, 2.45) is 0 Å². The molecule has 2 nitrogen and oxygen atoms in total. The summed E-state index contributed by atoms with van der Waals surface area (Å²) in [4.78, 5) is 4.35. The third-order valence-electron chi connectivity index (χ3n) is 2.25. The molecule has 0 aliphatic carbocycles. The summed E-state index contributed by atoms with van der Waals surface area (Å²) in [5.74, 6) is 0.763. The van der Waals surface area contributed by atoms with Gasteiger partial charge in [0.1, 0.15) is 11.2 Å². The molecule has 1 aromatic heterocycles. The van der Waals surface area contributed by atoms with Crippen molar-refractivity contribution in [1.29, 1.82) is 0 Å². The van der Waals surface area contributed by atoms with E-state index in [2.05, 4.69) is 36.8 Å². The van der Waals surface area contributed by atoms with Crippen LogP contribution in [0.1, 0.15) is 11.3 Å². The number of rotatable bonds is 4. The number of hydrogen-bond donors (Lipinski definition) is 0. The molecule has 0 atom stereocenters. The summed E-state index contributed by atoms with van der Waals surface area (Å²) in [5, 5.41) is 0.741.